The van der Waals surface area contributed by atoms with Crippen molar-refractivity contribution in [3.05, 3.63) is 85.5 Å². The quantitative estimate of drug-likeness (QED) is 0.142. The Morgan fingerprint density at radius 3 is 2.00 bits per heavy atom. The Balaban J connectivity index is 2.07. The van der Waals surface area contributed by atoms with E-state index in [4.69, 9.17) is 9.84 Å². The van der Waals surface area contributed by atoms with E-state index in [0.29, 0.717) is 5.56 Å². The Morgan fingerprint density at radius 2 is 1.48 bits per heavy atom. The second kappa shape index (κ2) is 9.97. The molecular weight excluding hydrogens is 438 g/mol. The molecule has 0 saturated carbocycles. The van der Waals surface area contributed by atoms with Crippen LogP contribution in [-0.4, -0.2) is 63.0 Å². The number of nitro benzene ring substituents is 2. The lowest BCUT2D eigenvalue weighted by Gasteiger charge is -2.25. The Bertz CT molecular complexity index is 1110. The van der Waals surface area contributed by atoms with Crippen molar-refractivity contribution < 1.29 is 34.4 Å². The van der Waals surface area contributed by atoms with Gasteiger partial charge in [-0.2, -0.15) is 0 Å². The molecule has 1 aliphatic rings. The predicted molar refractivity (Wildman–Crippen MR) is 113 cm³/mol. The molecule has 1 heterocycles. The van der Waals surface area contributed by atoms with Crippen LogP contribution in [0.1, 0.15) is 17.2 Å². The SMILES string of the molecule is O=C1C(=O)N(CCOCCO)C(c2ccc([N+](=O)[O-])cc2)/C1=C(/O)c1ccc([N+](=O)[O-])cc1. The first-order valence-corrected chi connectivity index (χ1v) is 9.72. The fourth-order valence-electron chi connectivity index (χ4n) is 3.46. The van der Waals surface area contributed by atoms with Gasteiger partial charge in [-0.05, 0) is 29.8 Å². The van der Waals surface area contributed by atoms with Gasteiger partial charge in [0.1, 0.15) is 5.76 Å². The van der Waals surface area contributed by atoms with Gasteiger partial charge in [0.25, 0.3) is 23.1 Å². The van der Waals surface area contributed by atoms with Crippen LogP contribution in [0.15, 0.2) is 54.1 Å². The average molecular weight is 457 g/mol. The summed E-state index contributed by atoms with van der Waals surface area (Å²) in [6, 6.07) is 8.89. The monoisotopic (exact) mass is 457 g/mol. The molecule has 0 aromatic heterocycles. The smallest absolute Gasteiger partial charge is 0.295 e. The Labute approximate surface area is 186 Å². The van der Waals surface area contributed by atoms with Crippen molar-refractivity contribution in [2.45, 2.75) is 6.04 Å². The lowest BCUT2D eigenvalue weighted by Crippen LogP contribution is -2.33. The van der Waals surface area contributed by atoms with Gasteiger partial charge in [-0.25, -0.2) is 0 Å². The van der Waals surface area contributed by atoms with Crippen molar-refractivity contribution in [3.63, 3.8) is 0 Å². The van der Waals surface area contributed by atoms with Crippen molar-refractivity contribution in [2.75, 3.05) is 26.4 Å². The summed E-state index contributed by atoms with van der Waals surface area (Å²) in [5.74, 6) is -2.42. The molecule has 1 fully saturated rings. The predicted octanol–water partition coefficient (Wildman–Crippen LogP) is 1.93. The van der Waals surface area contributed by atoms with Gasteiger partial charge < -0.3 is 19.8 Å². The van der Waals surface area contributed by atoms with E-state index in [1.165, 1.54) is 36.4 Å². The molecule has 3 rings (SSSR count). The maximum absolute atomic E-state index is 12.8. The topological polar surface area (TPSA) is 173 Å². The Kier molecular flexibility index (Phi) is 7.10. The molecule has 172 valence electrons. The molecule has 1 atom stereocenters. The molecule has 0 aliphatic carbocycles. The molecule has 1 amide bonds. The normalized spacial score (nSPS) is 17.4. The third kappa shape index (κ3) is 4.86. The first kappa shape index (κ1) is 23.5. The summed E-state index contributed by atoms with van der Waals surface area (Å²) >= 11 is 0. The van der Waals surface area contributed by atoms with Crippen LogP contribution in [0.5, 0.6) is 0 Å². The second-order valence-corrected chi connectivity index (χ2v) is 6.98. The number of nitro groups is 2. The van der Waals surface area contributed by atoms with Gasteiger partial charge in [-0.3, -0.25) is 29.8 Å². The molecule has 2 aromatic rings. The van der Waals surface area contributed by atoms with E-state index < -0.39 is 33.3 Å². The highest BCUT2D eigenvalue weighted by molar-refractivity contribution is 6.46. The number of aliphatic hydroxyl groups is 2. The number of carbonyl (C=O) groups is 2. The fraction of sp³-hybridized carbons (Fsp3) is 0.238. The van der Waals surface area contributed by atoms with Gasteiger partial charge in [-0.15, -0.1) is 0 Å². The average Bonchev–Trinajstić information content (AvgIpc) is 3.06. The third-order valence-corrected chi connectivity index (χ3v) is 5.02. The zero-order valence-electron chi connectivity index (χ0n) is 17.1. The number of amides is 1. The number of non-ortho nitro benzene ring substituents is 2. The lowest BCUT2D eigenvalue weighted by atomic mass is 9.95. The van der Waals surface area contributed by atoms with Gasteiger partial charge in [0.2, 0.25) is 0 Å². The van der Waals surface area contributed by atoms with Crippen molar-refractivity contribution >= 4 is 28.8 Å². The molecule has 0 radical (unpaired) electrons. The summed E-state index contributed by atoms with van der Waals surface area (Å²) in [6.07, 6.45) is 0. The number of carbonyl (C=O) groups excluding carboxylic acids is 2. The van der Waals surface area contributed by atoms with Crippen LogP contribution in [0.2, 0.25) is 0 Å². The number of hydrogen-bond acceptors (Lipinski definition) is 9. The standard InChI is InChI=1S/C21H19N3O9/c25-10-12-33-11-9-22-18(13-1-5-15(6-2-13)23(29)30)17(20(27)21(22)28)19(26)14-3-7-16(8-4-14)24(31)32/h1-8,18,25-26H,9-12H2/b19-17-. The van der Waals surface area contributed by atoms with Crippen molar-refractivity contribution in [2.24, 2.45) is 0 Å². The van der Waals surface area contributed by atoms with Crippen molar-refractivity contribution in [1.82, 2.24) is 4.90 Å². The Hall–Kier alpha value is -4.16. The first-order chi connectivity index (χ1) is 15.8. The number of benzene rings is 2. The van der Waals surface area contributed by atoms with Crippen LogP contribution < -0.4 is 0 Å². The van der Waals surface area contributed by atoms with E-state index in [2.05, 4.69) is 0 Å². The summed E-state index contributed by atoms with van der Waals surface area (Å²) in [4.78, 5) is 47.4. The molecule has 1 unspecified atom stereocenters. The van der Waals surface area contributed by atoms with Gasteiger partial charge in [-0.1, -0.05) is 0 Å². The van der Waals surface area contributed by atoms with E-state index in [-0.39, 0.29) is 48.9 Å². The second-order valence-electron chi connectivity index (χ2n) is 6.98. The zero-order chi connectivity index (χ0) is 24.1. The highest BCUT2D eigenvalue weighted by Crippen LogP contribution is 2.39. The highest BCUT2D eigenvalue weighted by Gasteiger charge is 2.46. The Morgan fingerprint density at radius 1 is 0.939 bits per heavy atom. The molecule has 2 aromatic carbocycles. The third-order valence-electron chi connectivity index (χ3n) is 5.02. The molecular formula is C21H19N3O9. The van der Waals surface area contributed by atoms with Gasteiger partial charge >= 0.3 is 0 Å². The molecule has 12 heteroatoms. The van der Waals surface area contributed by atoms with E-state index in [9.17, 15) is 34.9 Å². The zero-order valence-corrected chi connectivity index (χ0v) is 17.1. The summed E-state index contributed by atoms with van der Waals surface area (Å²) in [7, 11) is 0. The number of Topliss-reactive ketones (excluding diaryl/α,β-unsaturated/α-hetero) is 1. The minimum Gasteiger partial charge on any atom is -0.507 e. The van der Waals surface area contributed by atoms with Crippen molar-refractivity contribution in [3.8, 4) is 0 Å². The van der Waals surface area contributed by atoms with Crippen LogP contribution in [-0.2, 0) is 14.3 Å². The molecule has 1 aliphatic heterocycles. The number of nitrogens with zero attached hydrogens (tertiary/aromatic N) is 3. The van der Waals surface area contributed by atoms with E-state index in [0.717, 1.165) is 17.0 Å². The van der Waals surface area contributed by atoms with E-state index in [1.54, 1.807) is 0 Å². The molecule has 2 N–H and O–H groups in total. The van der Waals surface area contributed by atoms with Gasteiger partial charge in [0.05, 0.1) is 41.3 Å². The molecule has 0 spiro atoms. The van der Waals surface area contributed by atoms with Crippen LogP contribution in [0.3, 0.4) is 0 Å². The number of ether oxygens (including phenoxy) is 1. The maximum atomic E-state index is 12.8. The molecule has 33 heavy (non-hydrogen) atoms. The summed E-state index contributed by atoms with van der Waals surface area (Å²) in [5, 5.41) is 41.6. The molecule has 12 nitrogen and oxygen atoms in total. The lowest BCUT2D eigenvalue weighted by molar-refractivity contribution is -0.385. The minimum atomic E-state index is -1.07. The van der Waals surface area contributed by atoms with E-state index in [1.807, 2.05) is 0 Å². The van der Waals surface area contributed by atoms with Gasteiger partial charge in [0.15, 0.2) is 0 Å². The van der Waals surface area contributed by atoms with Crippen molar-refractivity contribution in [1.29, 1.82) is 0 Å². The number of rotatable bonds is 9. The molecule has 1 saturated heterocycles. The number of aliphatic hydroxyl groups excluding tert-OH is 2. The minimum absolute atomic E-state index is 0.00532. The number of hydrogen-bond donors (Lipinski definition) is 2. The molecule has 0 bridgehead atoms. The summed E-state index contributed by atoms with van der Waals surface area (Å²) in [5.41, 5.74) is -0.255. The summed E-state index contributed by atoms with van der Waals surface area (Å²) in [6.45, 7) is -0.266. The summed E-state index contributed by atoms with van der Waals surface area (Å²) < 4.78 is 5.19. The van der Waals surface area contributed by atoms with Crippen LogP contribution in [0, 0.1) is 20.2 Å². The highest BCUT2D eigenvalue weighted by atomic mass is 16.6. The maximum Gasteiger partial charge on any atom is 0.295 e. The van der Waals surface area contributed by atoms with E-state index >= 15 is 0 Å². The van der Waals surface area contributed by atoms with Crippen LogP contribution in [0.4, 0.5) is 11.4 Å². The fourth-order valence-corrected chi connectivity index (χ4v) is 3.46. The first-order valence-electron chi connectivity index (χ1n) is 9.72. The van der Waals surface area contributed by atoms with Gasteiger partial charge in [0, 0.05) is 36.4 Å². The van der Waals surface area contributed by atoms with Crippen LogP contribution >= 0.6 is 0 Å². The number of ketones is 1. The van der Waals surface area contributed by atoms with Crippen LogP contribution in [0.25, 0.3) is 5.76 Å². The number of likely N-dealkylation sites (tertiary alicyclic amines) is 1. The largest absolute Gasteiger partial charge is 0.507 e.